The molecule has 0 N–H and O–H groups in total. The number of thiophene rings is 1. The standard InChI is InChI=1S/C13H20N2S/c1-11-8-14-6-2-4-12(14)9-15(11)10-13-5-3-7-16-13/h3,5,7,11-12H,2,4,6,8-10H2,1H3. The summed E-state index contributed by atoms with van der Waals surface area (Å²) in [6.45, 7) is 7.42. The molecule has 2 unspecified atom stereocenters. The highest BCUT2D eigenvalue weighted by Gasteiger charge is 2.34. The van der Waals surface area contributed by atoms with Gasteiger partial charge >= 0.3 is 0 Å². The summed E-state index contributed by atoms with van der Waals surface area (Å²) >= 11 is 1.89. The molecule has 0 amide bonds. The van der Waals surface area contributed by atoms with Gasteiger partial charge in [0.2, 0.25) is 0 Å². The zero-order valence-electron chi connectivity index (χ0n) is 9.93. The van der Waals surface area contributed by atoms with Gasteiger partial charge in [0.1, 0.15) is 0 Å². The molecule has 16 heavy (non-hydrogen) atoms. The highest BCUT2D eigenvalue weighted by Crippen LogP contribution is 2.26. The second kappa shape index (κ2) is 4.47. The van der Waals surface area contributed by atoms with E-state index in [4.69, 9.17) is 0 Å². The third-order valence-corrected chi connectivity index (χ3v) is 4.87. The topological polar surface area (TPSA) is 6.48 Å². The SMILES string of the molecule is CC1CN2CCCC2CN1Cc1cccs1. The number of fused-ring (bicyclic) bond motifs is 1. The zero-order chi connectivity index (χ0) is 11.0. The molecule has 0 radical (unpaired) electrons. The molecule has 0 saturated carbocycles. The third-order valence-electron chi connectivity index (χ3n) is 4.01. The van der Waals surface area contributed by atoms with E-state index in [2.05, 4.69) is 34.2 Å². The minimum Gasteiger partial charge on any atom is -0.298 e. The second-order valence-corrected chi connectivity index (χ2v) is 6.18. The fraction of sp³-hybridized carbons (Fsp3) is 0.692. The summed E-state index contributed by atoms with van der Waals surface area (Å²) in [6, 6.07) is 5.99. The van der Waals surface area contributed by atoms with Crippen molar-refractivity contribution < 1.29 is 0 Å². The first-order valence-electron chi connectivity index (χ1n) is 6.33. The average Bonchev–Trinajstić information content (AvgIpc) is 2.89. The number of hydrogen-bond acceptors (Lipinski definition) is 3. The van der Waals surface area contributed by atoms with Crippen LogP contribution in [0.2, 0.25) is 0 Å². The molecule has 2 atom stereocenters. The summed E-state index contributed by atoms with van der Waals surface area (Å²) in [6.07, 6.45) is 2.82. The highest BCUT2D eigenvalue weighted by molar-refractivity contribution is 7.09. The van der Waals surface area contributed by atoms with E-state index in [1.54, 1.807) is 0 Å². The molecule has 3 rings (SSSR count). The van der Waals surface area contributed by atoms with Crippen LogP contribution in [0.5, 0.6) is 0 Å². The van der Waals surface area contributed by atoms with Crippen molar-refractivity contribution in [3.05, 3.63) is 22.4 Å². The van der Waals surface area contributed by atoms with Crippen molar-refractivity contribution in [2.45, 2.75) is 38.4 Å². The van der Waals surface area contributed by atoms with Gasteiger partial charge in [0, 0.05) is 36.6 Å². The van der Waals surface area contributed by atoms with Crippen LogP contribution in [-0.2, 0) is 6.54 Å². The second-order valence-electron chi connectivity index (χ2n) is 5.15. The van der Waals surface area contributed by atoms with Crippen molar-refractivity contribution in [3.8, 4) is 0 Å². The molecule has 3 heterocycles. The van der Waals surface area contributed by atoms with Crippen molar-refractivity contribution in [2.24, 2.45) is 0 Å². The first-order valence-corrected chi connectivity index (χ1v) is 7.21. The van der Waals surface area contributed by atoms with E-state index in [0.29, 0.717) is 0 Å². The van der Waals surface area contributed by atoms with Gasteiger partial charge in [-0.25, -0.2) is 0 Å². The fourth-order valence-electron chi connectivity index (χ4n) is 3.07. The predicted molar refractivity (Wildman–Crippen MR) is 68.8 cm³/mol. The molecule has 0 aliphatic carbocycles. The van der Waals surface area contributed by atoms with Gasteiger partial charge in [-0.2, -0.15) is 0 Å². The van der Waals surface area contributed by atoms with E-state index in [1.165, 1.54) is 37.4 Å². The summed E-state index contributed by atoms with van der Waals surface area (Å²) < 4.78 is 0. The summed E-state index contributed by atoms with van der Waals surface area (Å²) in [5.41, 5.74) is 0. The number of hydrogen-bond donors (Lipinski definition) is 0. The lowest BCUT2D eigenvalue weighted by molar-refractivity contribution is 0.0547. The number of piperazine rings is 1. The van der Waals surface area contributed by atoms with Crippen LogP contribution in [0.3, 0.4) is 0 Å². The normalized spacial score (nSPS) is 31.8. The van der Waals surface area contributed by atoms with Crippen LogP contribution in [-0.4, -0.2) is 41.5 Å². The van der Waals surface area contributed by atoms with Crippen LogP contribution in [0, 0.1) is 0 Å². The Labute approximate surface area is 102 Å². The smallest absolute Gasteiger partial charge is 0.0331 e. The molecular weight excluding hydrogens is 216 g/mol. The quantitative estimate of drug-likeness (QED) is 0.778. The maximum Gasteiger partial charge on any atom is 0.0331 e. The van der Waals surface area contributed by atoms with Gasteiger partial charge < -0.3 is 0 Å². The Kier molecular flexibility index (Phi) is 3.01. The molecule has 0 aromatic carbocycles. The third kappa shape index (κ3) is 2.04. The van der Waals surface area contributed by atoms with E-state index in [1.807, 2.05) is 11.3 Å². The van der Waals surface area contributed by atoms with E-state index < -0.39 is 0 Å². The van der Waals surface area contributed by atoms with Gasteiger partial charge in [-0.05, 0) is 37.8 Å². The Morgan fingerprint density at radius 3 is 3.19 bits per heavy atom. The average molecular weight is 236 g/mol. The van der Waals surface area contributed by atoms with Crippen LogP contribution in [0.4, 0.5) is 0 Å². The van der Waals surface area contributed by atoms with Crippen molar-refractivity contribution >= 4 is 11.3 Å². The summed E-state index contributed by atoms with van der Waals surface area (Å²) in [5, 5.41) is 2.19. The zero-order valence-corrected chi connectivity index (χ0v) is 10.7. The minimum atomic E-state index is 0.719. The van der Waals surface area contributed by atoms with E-state index >= 15 is 0 Å². The Bertz CT molecular complexity index is 336. The summed E-state index contributed by atoms with van der Waals surface area (Å²) in [4.78, 5) is 6.87. The van der Waals surface area contributed by atoms with Crippen LogP contribution in [0.15, 0.2) is 17.5 Å². The predicted octanol–water partition coefficient (Wildman–Crippen LogP) is 2.42. The lowest BCUT2D eigenvalue weighted by Crippen LogP contribution is -2.54. The minimum absolute atomic E-state index is 0.719. The van der Waals surface area contributed by atoms with Crippen molar-refractivity contribution in [1.29, 1.82) is 0 Å². The molecule has 2 fully saturated rings. The van der Waals surface area contributed by atoms with Gasteiger partial charge in [-0.15, -0.1) is 11.3 Å². The molecular formula is C13H20N2S. The van der Waals surface area contributed by atoms with E-state index in [0.717, 1.165) is 18.6 Å². The Morgan fingerprint density at radius 1 is 1.44 bits per heavy atom. The molecule has 2 nitrogen and oxygen atoms in total. The molecule has 1 aromatic heterocycles. The van der Waals surface area contributed by atoms with Gasteiger partial charge in [0.25, 0.3) is 0 Å². The summed E-state index contributed by atoms with van der Waals surface area (Å²) in [5.74, 6) is 0. The lowest BCUT2D eigenvalue weighted by Gasteiger charge is -2.42. The molecule has 2 saturated heterocycles. The largest absolute Gasteiger partial charge is 0.298 e. The highest BCUT2D eigenvalue weighted by atomic mass is 32.1. The van der Waals surface area contributed by atoms with Crippen molar-refractivity contribution in [1.82, 2.24) is 9.80 Å². The molecule has 3 heteroatoms. The molecule has 88 valence electrons. The monoisotopic (exact) mass is 236 g/mol. The van der Waals surface area contributed by atoms with Crippen LogP contribution >= 0.6 is 11.3 Å². The Hall–Kier alpha value is -0.380. The van der Waals surface area contributed by atoms with Crippen LogP contribution in [0.1, 0.15) is 24.6 Å². The molecule has 0 spiro atoms. The Morgan fingerprint density at radius 2 is 2.38 bits per heavy atom. The molecule has 0 bridgehead atoms. The van der Waals surface area contributed by atoms with Gasteiger partial charge in [0.05, 0.1) is 0 Å². The molecule has 1 aromatic rings. The molecule has 2 aliphatic heterocycles. The number of nitrogens with zero attached hydrogens (tertiary/aromatic N) is 2. The fourth-order valence-corrected chi connectivity index (χ4v) is 3.80. The van der Waals surface area contributed by atoms with Gasteiger partial charge in [0.15, 0.2) is 0 Å². The number of rotatable bonds is 2. The summed E-state index contributed by atoms with van der Waals surface area (Å²) in [7, 11) is 0. The van der Waals surface area contributed by atoms with E-state index in [-0.39, 0.29) is 0 Å². The van der Waals surface area contributed by atoms with Crippen molar-refractivity contribution in [3.63, 3.8) is 0 Å². The van der Waals surface area contributed by atoms with Crippen molar-refractivity contribution in [2.75, 3.05) is 19.6 Å². The van der Waals surface area contributed by atoms with Gasteiger partial charge in [-0.1, -0.05) is 6.07 Å². The lowest BCUT2D eigenvalue weighted by atomic mass is 10.1. The van der Waals surface area contributed by atoms with Crippen LogP contribution in [0.25, 0.3) is 0 Å². The first kappa shape index (κ1) is 10.8. The Balaban J connectivity index is 1.66. The van der Waals surface area contributed by atoms with E-state index in [9.17, 15) is 0 Å². The van der Waals surface area contributed by atoms with Gasteiger partial charge in [-0.3, -0.25) is 9.80 Å². The molecule has 2 aliphatic rings. The maximum atomic E-state index is 2.69. The maximum absolute atomic E-state index is 2.69. The first-order chi connectivity index (χ1) is 7.83. The van der Waals surface area contributed by atoms with Crippen LogP contribution < -0.4 is 0 Å².